The van der Waals surface area contributed by atoms with Gasteiger partial charge in [0.1, 0.15) is 0 Å². The van der Waals surface area contributed by atoms with E-state index < -0.39 is 73.8 Å². The average Bonchev–Trinajstić information content (AvgIpc) is 2.51. The van der Waals surface area contributed by atoms with Crippen LogP contribution < -0.4 is 0 Å². The largest absolute Gasteiger partial charge is 0.440 e. The fourth-order valence-corrected chi connectivity index (χ4v) is 53.5. The van der Waals surface area contributed by atoms with E-state index in [-0.39, 0.29) is 0 Å². The molecule has 0 amide bonds. The van der Waals surface area contributed by atoms with E-state index in [1.165, 1.54) is 0 Å². The van der Waals surface area contributed by atoms with Gasteiger partial charge >= 0.3 is 25.7 Å². The molecule has 38 heavy (non-hydrogen) atoms. The van der Waals surface area contributed by atoms with Crippen LogP contribution in [0.25, 0.3) is 0 Å². The van der Waals surface area contributed by atoms with Crippen molar-refractivity contribution in [2.24, 2.45) is 0 Å². The number of hydrogen-bond donors (Lipinski definition) is 0. The number of hydrogen-bond acceptors (Lipinski definition) is 6. The van der Waals surface area contributed by atoms with Crippen LogP contribution in [0.1, 0.15) is 0 Å². The average molecular weight is 803 g/mol. The summed E-state index contributed by atoms with van der Waals surface area (Å²) in [5.74, 6) is -1.65. The molecule has 0 aliphatic heterocycles. The lowest BCUT2D eigenvalue weighted by Gasteiger charge is -2.41. The highest BCUT2D eigenvalue weighted by molar-refractivity contribution is 14.1. The van der Waals surface area contributed by atoms with Crippen LogP contribution in [0.2, 0.25) is 142 Å². The molecule has 0 unspecified atom stereocenters. The molecule has 0 rings (SSSR count). The van der Waals surface area contributed by atoms with Crippen molar-refractivity contribution in [1.29, 1.82) is 0 Å². The van der Waals surface area contributed by atoms with Gasteiger partial charge in [-0.15, -0.1) is 0 Å². The Morgan fingerprint density at radius 2 is 0.658 bits per heavy atom. The first-order chi connectivity index (χ1) is 16.4. The molecular weight excluding hydrogens is 740 g/mol. The molecule has 0 N–H and O–H groups in total. The predicted octanol–water partition coefficient (Wildman–Crippen LogP) is 9.13. The van der Waals surface area contributed by atoms with Gasteiger partial charge in [0.15, 0.2) is 42.3 Å². The van der Waals surface area contributed by atoms with Crippen molar-refractivity contribution >= 4 is 95.6 Å². The minimum absolute atomic E-state index is 1.10. The van der Waals surface area contributed by atoms with Crippen LogP contribution in [-0.2, 0) is 24.7 Å². The predicted molar refractivity (Wildman–Crippen MR) is 198 cm³/mol. The molecule has 0 aliphatic rings. The van der Waals surface area contributed by atoms with E-state index >= 15 is 0 Å². The maximum Gasteiger partial charge on any atom is 0.311 e. The number of rotatable bonds is 18. The Morgan fingerprint density at radius 1 is 0.421 bits per heavy atom. The molecule has 0 aromatic heterocycles. The molecule has 6 nitrogen and oxygen atoms in total. The third-order valence-corrected chi connectivity index (χ3v) is 39.3. The molecule has 0 aromatic carbocycles. The Kier molecular flexibility index (Phi) is 15.4. The van der Waals surface area contributed by atoms with E-state index in [2.05, 4.69) is 140 Å². The van der Waals surface area contributed by atoms with E-state index in [9.17, 15) is 0 Å². The number of halogens is 1. The molecule has 0 aromatic rings. The van der Waals surface area contributed by atoms with Gasteiger partial charge in [0.05, 0.1) is 0 Å². The lowest BCUT2D eigenvalue weighted by Crippen LogP contribution is -2.54. The van der Waals surface area contributed by atoms with Gasteiger partial charge in [0.25, 0.3) is 0 Å². The zero-order valence-electron chi connectivity index (χ0n) is 28.2. The minimum atomic E-state index is -2.26. The van der Waals surface area contributed by atoms with Gasteiger partial charge in [0.2, 0.25) is 5.81 Å². The highest BCUT2D eigenvalue weighted by Crippen LogP contribution is 2.32. The topological polar surface area (TPSA) is 55.4 Å². The Labute approximate surface area is 260 Å². The molecule has 0 atom stereocenters. The molecule has 0 heterocycles. The summed E-state index contributed by atoms with van der Waals surface area (Å²) >= 11 is 2.49. The summed E-state index contributed by atoms with van der Waals surface area (Å²) in [5, 5.41) is 0. The third-order valence-electron chi connectivity index (χ3n) is 5.75. The summed E-state index contributed by atoms with van der Waals surface area (Å²) in [5.41, 5.74) is 0. The Balaban J connectivity index is 5.07. The Bertz CT molecular complexity index is 741. The smallest absolute Gasteiger partial charge is 0.311 e. The van der Waals surface area contributed by atoms with E-state index in [0.717, 1.165) is 24.2 Å². The van der Waals surface area contributed by atoms with Crippen LogP contribution in [0.3, 0.4) is 0 Å². The normalized spacial score (nSPS) is 15.5. The van der Waals surface area contributed by atoms with Crippen molar-refractivity contribution < 1.29 is 24.7 Å². The standard InChI is InChI=1S/C22H63IO6Si9/c1-30(2)24-36(13,14)25-31(3,4)19-20-32(5,6)26-37(15,16)27-33(7,8)21-22-34(9,10)28-38(17,18)29-35(11,12)23/h30H,19-22H2,1-18H3. The zero-order valence-corrected chi connectivity index (χ0v) is 39.5. The Morgan fingerprint density at radius 3 is 0.895 bits per heavy atom. The molecule has 16 heteroatoms. The summed E-state index contributed by atoms with van der Waals surface area (Å²) in [4.78, 5) is 0. The molecule has 0 radical (unpaired) electrons. The van der Waals surface area contributed by atoms with Crippen molar-refractivity contribution in [2.75, 3.05) is 0 Å². The van der Waals surface area contributed by atoms with Crippen LogP contribution in [0.4, 0.5) is 0 Å². The molecule has 0 spiro atoms. The van der Waals surface area contributed by atoms with Crippen LogP contribution in [0.5, 0.6) is 0 Å². The lowest BCUT2D eigenvalue weighted by atomic mass is 10.9. The van der Waals surface area contributed by atoms with Crippen molar-refractivity contribution in [3.63, 3.8) is 0 Å². The summed E-state index contributed by atoms with van der Waals surface area (Å²) in [6.07, 6.45) is 0. The molecular formula is C22H63IO6Si9. The summed E-state index contributed by atoms with van der Waals surface area (Å²) in [6, 6.07) is 4.45. The molecule has 230 valence electrons. The molecule has 0 saturated heterocycles. The van der Waals surface area contributed by atoms with Gasteiger partial charge < -0.3 is 24.7 Å². The van der Waals surface area contributed by atoms with Crippen molar-refractivity contribution in [3.05, 3.63) is 0 Å². The molecule has 0 aliphatic carbocycles. The highest BCUT2D eigenvalue weighted by atomic mass is 127. The molecule has 0 bridgehead atoms. The fraction of sp³-hybridized carbons (Fsp3) is 1.00. The fourth-order valence-electron chi connectivity index (χ4n) is 5.29. The first-order valence-corrected chi connectivity index (χ1v) is 44.0. The van der Waals surface area contributed by atoms with E-state index in [1.54, 1.807) is 0 Å². The maximum absolute atomic E-state index is 6.94. The van der Waals surface area contributed by atoms with Crippen molar-refractivity contribution in [1.82, 2.24) is 0 Å². The van der Waals surface area contributed by atoms with Crippen LogP contribution in [-0.4, -0.2) is 73.8 Å². The van der Waals surface area contributed by atoms with Gasteiger partial charge in [-0.25, -0.2) is 0 Å². The van der Waals surface area contributed by atoms with Crippen LogP contribution in [0, 0.1) is 0 Å². The maximum atomic E-state index is 6.94. The summed E-state index contributed by atoms with van der Waals surface area (Å²) in [7, 11) is -15.0. The van der Waals surface area contributed by atoms with Crippen LogP contribution in [0.15, 0.2) is 0 Å². The summed E-state index contributed by atoms with van der Waals surface area (Å²) in [6.45, 7) is 41.1. The second-order valence-corrected chi connectivity index (χ2v) is 57.4. The second-order valence-electron chi connectivity index (χ2n) is 15.3. The lowest BCUT2D eigenvalue weighted by molar-refractivity contribution is 0.383. The highest BCUT2D eigenvalue weighted by Gasteiger charge is 2.44. The van der Waals surface area contributed by atoms with E-state index in [0.29, 0.717) is 0 Å². The van der Waals surface area contributed by atoms with E-state index in [4.69, 9.17) is 24.7 Å². The van der Waals surface area contributed by atoms with Gasteiger partial charge in [-0.05, 0) is 142 Å². The zero-order chi connectivity index (χ0) is 30.6. The third kappa shape index (κ3) is 20.4. The van der Waals surface area contributed by atoms with Crippen LogP contribution >= 0.6 is 21.8 Å². The van der Waals surface area contributed by atoms with Gasteiger partial charge in [0, 0.05) is 0 Å². The van der Waals surface area contributed by atoms with Crippen molar-refractivity contribution in [3.8, 4) is 0 Å². The quantitative estimate of drug-likeness (QED) is 0.0784. The van der Waals surface area contributed by atoms with Gasteiger partial charge in [-0.2, -0.15) is 0 Å². The first-order valence-electron chi connectivity index (χ1n) is 14.2. The second kappa shape index (κ2) is 14.5. The SMILES string of the molecule is C[SiH](C)O[Si](C)(C)O[Si](C)(C)CC[Si](C)(C)O[Si](C)(C)O[Si](C)(C)CC[Si](C)(C)O[Si](C)(C)O[Si](C)(C)I. The monoisotopic (exact) mass is 802 g/mol. The molecule has 0 fully saturated rings. The van der Waals surface area contributed by atoms with Crippen molar-refractivity contribution in [2.45, 2.75) is 142 Å². The van der Waals surface area contributed by atoms with E-state index in [1.807, 2.05) is 0 Å². The molecule has 0 saturated carbocycles. The van der Waals surface area contributed by atoms with Gasteiger partial charge in [-0.3, -0.25) is 0 Å². The summed E-state index contributed by atoms with van der Waals surface area (Å²) < 4.78 is 40.1. The Hall–Kier alpha value is 2.44. The minimum Gasteiger partial charge on any atom is -0.440 e. The first kappa shape index (κ1) is 40.4. The van der Waals surface area contributed by atoms with Gasteiger partial charge in [-0.1, -0.05) is 21.8 Å².